The van der Waals surface area contributed by atoms with Crippen molar-refractivity contribution in [3.63, 3.8) is 0 Å². The summed E-state index contributed by atoms with van der Waals surface area (Å²) in [6, 6.07) is 12.9. The van der Waals surface area contributed by atoms with E-state index in [1.54, 1.807) is 12.1 Å². The van der Waals surface area contributed by atoms with Crippen LogP contribution in [0.1, 0.15) is 18.4 Å². The quantitative estimate of drug-likeness (QED) is 0.188. The molecule has 0 bridgehead atoms. The molecule has 1 amide bonds. The van der Waals surface area contributed by atoms with Crippen LogP contribution in [-0.4, -0.2) is 79.2 Å². The highest BCUT2D eigenvalue weighted by molar-refractivity contribution is 7.17. The molecule has 4 aromatic rings. The molecule has 2 atom stereocenters. The Balaban J connectivity index is 1.50. The van der Waals surface area contributed by atoms with Gasteiger partial charge in [-0.1, -0.05) is 30.8 Å². The number of aromatic nitrogens is 1. The first-order valence-electron chi connectivity index (χ1n) is 14.4. The number of thiophene rings is 1. The van der Waals surface area contributed by atoms with Crippen molar-refractivity contribution in [3.8, 4) is 23.1 Å². The number of amides is 1. The summed E-state index contributed by atoms with van der Waals surface area (Å²) < 4.78 is 37.6. The standard InChI is InChI=1S/C33H30F2N6O2S/c1-20(34)33(42)41-14-13-40(18-23(41)17-37-2)30-26-10-9-24(25-8-4-6-21-11-15-44-31(21)25)28(35)29(26)38-32(27(30)16-36)43-19-22-7-5-12-39(22)3/h4,6,8-11,15,22-23H,1,5,7,12-14,17-19H2,3H3/t22-,23-/m0/s1. The SMILES string of the molecule is [C-]#[N+]C[C@H]1CN(c2c(C#N)c(OC[C@@H]3CCCN3C)nc3c(F)c(-c4cccc5ccsc45)ccc23)CCN1C(=O)C(=C)F. The number of likely N-dealkylation sites (tertiary alicyclic amines) is 1. The highest BCUT2D eigenvalue weighted by Crippen LogP contribution is 2.41. The molecule has 0 unspecified atom stereocenters. The van der Waals surface area contributed by atoms with Crippen LogP contribution in [0.2, 0.25) is 0 Å². The second kappa shape index (κ2) is 12.2. The number of carbonyl (C=O) groups is 1. The van der Waals surface area contributed by atoms with Gasteiger partial charge in [0.25, 0.3) is 5.91 Å². The smallest absolute Gasteiger partial charge is 0.282 e. The number of pyridine rings is 1. The Morgan fingerprint density at radius 1 is 1.23 bits per heavy atom. The van der Waals surface area contributed by atoms with Crippen molar-refractivity contribution in [3.05, 3.63) is 77.0 Å². The number of fused-ring (bicyclic) bond motifs is 2. The van der Waals surface area contributed by atoms with Crippen LogP contribution in [0.3, 0.4) is 0 Å². The molecule has 2 aromatic heterocycles. The average Bonchev–Trinajstić information content (AvgIpc) is 3.68. The number of rotatable bonds is 7. The zero-order chi connectivity index (χ0) is 31.0. The highest BCUT2D eigenvalue weighted by atomic mass is 32.1. The fraction of sp³-hybridized carbons (Fsp3) is 0.333. The second-order valence-corrected chi connectivity index (χ2v) is 12.1. The second-order valence-electron chi connectivity index (χ2n) is 11.2. The summed E-state index contributed by atoms with van der Waals surface area (Å²) in [7, 11) is 2.02. The molecular weight excluding hydrogens is 582 g/mol. The van der Waals surface area contributed by atoms with Gasteiger partial charge in [0.05, 0.1) is 5.69 Å². The summed E-state index contributed by atoms with van der Waals surface area (Å²) in [5, 5.41) is 13.8. The van der Waals surface area contributed by atoms with Crippen LogP contribution in [0.5, 0.6) is 5.88 Å². The molecule has 2 aromatic carbocycles. The van der Waals surface area contributed by atoms with Crippen molar-refractivity contribution < 1.29 is 18.3 Å². The number of benzene rings is 2. The van der Waals surface area contributed by atoms with Gasteiger partial charge in [0.2, 0.25) is 12.4 Å². The Kier molecular flexibility index (Phi) is 8.17. The Hall–Kier alpha value is -4.58. The fourth-order valence-electron chi connectivity index (χ4n) is 6.31. The van der Waals surface area contributed by atoms with Crippen molar-refractivity contribution in [1.29, 1.82) is 5.26 Å². The summed E-state index contributed by atoms with van der Waals surface area (Å²) in [6.07, 6.45) is 1.98. The van der Waals surface area contributed by atoms with Crippen molar-refractivity contribution >= 4 is 43.9 Å². The topological polar surface area (TPSA) is 77.1 Å². The fourth-order valence-corrected chi connectivity index (χ4v) is 7.24. The first kappa shape index (κ1) is 29.5. The molecule has 2 saturated heterocycles. The van der Waals surface area contributed by atoms with Crippen molar-refractivity contribution in [1.82, 2.24) is 14.8 Å². The summed E-state index contributed by atoms with van der Waals surface area (Å²) in [5.41, 5.74) is 1.78. The Labute approximate surface area is 258 Å². The van der Waals surface area contributed by atoms with Crippen molar-refractivity contribution in [2.75, 3.05) is 51.3 Å². The number of halogens is 2. The lowest BCUT2D eigenvalue weighted by Gasteiger charge is -2.40. The molecule has 11 heteroatoms. The van der Waals surface area contributed by atoms with Crippen molar-refractivity contribution in [2.45, 2.75) is 24.9 Å². The summed E-state index contributed by atoms with van der Waals surface area (Å²) in [4.78, 5) is 26.0. The number of nitriles is 1. The molecule has 6 rings (SSSR count). The van der Waals surface area contributed by atoms with Gasteiger partial charge >= 0.3 is 0 Å². The molecule has 8 nitrogen and oxygen atoms in total. The predicted molar refractivity (Wildman–Crippen MR) is 168 cm³/mol. The summed E-state index contributed by atoms with van der Waals surface area (Å²) in [6.45, 7) is 12.2. The van der Waals surface area contributed by atoms with Crippen LogP contribution in [0, 0.1) is 23.7 Å². The van der Waals surface area contributed by atoms with E-state index in [9.17, 15) is 14.4 Å². The van der Waals surface area contributed by atoms with Crippen LogP contribution >= 0.6 is 11.3 Å². The molecule has 2 aliphatic heterocycles. The largest absolute Gasteiger partial charge is 0.475 e. The Bertz CT molecular complexity index is 1860. The number of hydrogen-bond donors (Lipinski definition) is 0. The van der Waals surface area contributed by atoms with Crippen LogP contribution < -0.4 is 9.64 Å². The molecule has 224 valence electrons. The van der Waals surface area contributed by atoms with Gasteiger partial charge in [-0.3, -0.25) is 4.79 Å². The number of nitrogens with zero attached hydrogens (tertiary/aromatic N) is 6. The highest BCUT2D eigenvalue weighted by Gasteiger charge is 2.36. The molecule has 2 aliphatic rings. The first-order chi connectivity index (χ1) is 21.3. The van der Waals surface area contributed by atoms with Crippen LogP contribution in [-0.2, 0) is 4.79 Å². The average molecular weight is 613 g/mol. The van der Waals surface area contributed by atoms with Gasteiger partial charge in [-0.15, -0.1) is 11.3 Å². The normalized spacial score (nSPS) is 18.8. The Morgan fingerprint density at radius 3 is 2.80 bits per heavy atom. The molecule has 0 N–H and O–H groups in total. The molecule has 0 spiro atoms. The Morgan fingerprint density at radius 2 is 2.07 bits per heavy atom. The van der Waals surface area contributed by atoms with E-state index >= 15 is 4.39 Å². The third-order valence-corrected chi connectivity index (χ3v) is 9.56. The van der Waals surface area contributed by atoms with E-state index in [1.165, 1.54) is 16.2 Å². The maximum absolute atomic E-state index is 16.6. The van der Waals surface area contributed by atoms with E-state index in [0.717, 1.165) is 35.0 Å². The van der Waals surface area contributed by atoms with Crippen molar-refractivity contribution in [2.24, 2.45) is 0 Å². The number of carbonyl (C=O) groups excluding carboxylic acids is 1. The van der Waals surface area contributed by atoms with Gasteiger partial charge in [-0.25, -0.2) is 20.3 Å². The number of likely N-dealkylation sites (N-methyl/N-ethyl adjacent to an activating group) is 1. The lowest BCUT2D eigenvalue weighted by Crippen LogP contribution is -2.56. The number of hydrogen-bond acceptors (Lipinski definition) is 7. The third kappa shape index (κ3) is 5.23. The van der Waals surface area contributed by atoms with Gasteiger partial charge in [-0.05, 0) is 49.3 Å². The summed E-state index contributed by atoms with van der Waals surface area (Å²) in [5.74, 6) is -2.44. The van der Waals surface area contributed by atoms with Crippen LogP contribution in [0.15, 0.2) is 54.2 Å². The van der Waals surface area contributed by atoms with E-state index in [-0.39, 0.29) is 49.2 Å². The first-order valence-corrected chi connectivity index (χ1v) is 15.3. The minimum atomic E-state index is -1.09. The molecule has 4 heterocycles. The molecule has 2 fully saturated rings. The zero-order valence-corrected chi connectivity index (χ0v) is 25.0. The van der Waals surface area contributed by atoms with Gasteiger partial charge in [0.15, 0.2) is 11.6 Å². The molecule has 0 radical (unpaired) electrons. The van der Waals surface area contributed by atoms with Gasteiger partial charge in [-0.2, -0.15) is 5.26 Å². The minimum absolute atomic E-state index is 0.0399. The maximum atomic E-state index is 16.6. The summed E-state index contributed by atoms with van der Waals surface area (Å²) >= 11 is 1.53. The minimum Gasteiger partial charge on any atom is -0.475 e. The molecular formula is C33H30F2N6O2S. The van der Waals surface area contributed by atoms with Gasteiger partial charge in [0, 0.05) is 46.9 Å². The third-order valence-electron chi connectivity index (χ3n) is 8.59. The lowest BCUT2D eigenvalue weighted by atomic mass is 9.99. The van der Waals surface area contributed by atoms with E-state index < -0.39 is 23.6 Å². The van der Waals surface area contributed by atoms with E-state index in [1.807, 2.05) is 41.6 Å². The molecule has 0 saturated carbocycles. The van der Waals surface area contributed by atoms with Crippen LogP contribution in [0.4, 0.5) is 14.5 Å². The number of ether oxygens (including phenoxy) is 1. The van der Waals surface area contributed by atoms with E-state index in [4.69, 9.17) is 11.3 Å². The van der Waals surface area contributed by atoms with Gasteiger partial charge in [0.1, 0.15) is 29.8 Å². The number of piperazine rings is 1. The molecule has 0 aliphatic carbocycles. The maximum Gasteiger partial charge on any atom is 0.282 e. The predicted octanol–water partition coefficient (Wildman–Crippen LogP) is 6.02. The van der Waals surface area contributed by atoms with Gasteiger partial charge < -0.3 is 24.3 Å². The van der Waals surface area contributed by atoms with Crippen LogP contribution in [0.25, 0.3) is 37.0 Å². The lowest BCUT2D eigenvalue weighted by molar-refractivity contribution is -0.131. The zero-order valence-electron chi connectivity index (χ0n) is 24.2. The van der Waals surface area contributed by atoms with E-state index in [0.29, 0.717) is 23.2 Å². The van der Waals surface area contributed by atoms with E-state index in [2.05, 4.69) is 27.4 Å². The molecule has 44 heavy (non-hydrogen) atoms. The monoisotopic (exact) mass is 612 g/mol. The number of anilines is 1.